The topological polar surface area (TPSA) is 84.9 Å². The zero-order chi connectivity index (χ0) is 15.8. The van der Waals surface area contributed by atoms with Gasteiger partial charge in [-0.25, -0.2) is 4.79 Å². The van der Waals surface area contributed by atoms with E-state index in [1.165, 1.54) is 13.0 Å². The molecule has 1 atom stereocenters. The maximum atomic E-state index is 11.5. The van der Waals surface area contributed by atoms with Crippen LogP contribution in [0.2, 0.25) is 10.0 Å². The number of carbonyl (C=O) groups excluding carboxylic acids is 1. The molecule has 0 fully saturated rings. The van der Waals surface area contributed by atoms with E-state index in [1.807, 2.05) is 0 Å². The Labute approximate surface area is 131 Å². The van der Waals surface area contributed by atoms with E-state index in [1.54, 1.807) is 12.1 Å². The van der Waals surface area contributed by atoms with E-state index in [2.05, 4.69) is 5.32 Å². The van der Waals surface area contributed by atoms with Gasteiger partial charge >= 0.3 is 5.97 Å². The van der Waals surface area contributed by atoms with Crippen LogP contribution in [-0.4, -0.2) is 42.8 Å². The molecule has 0 saturated heterocycles. The molecular weight excluding hydrogens is 321 g/mol. The first-order valence-electron chi connectivity index (χ1n) is 6.09. The first kappa shape index (κ1) is 17.6. The normalized spacial score (nSPS) is 11.8. The molecule has 0 saturated carbocycles. The van der Waals surface area contributed by atoms with Crippen molar-refractivity contribution in [2.75, 3.05) is 19.8 Å². The molecule has 1 rings (SSSR count). The zero-order valence-corrected chi connectivity index (χ0v) is 12.8. The number of carboxylic acid groups (broad SMARTS) is 1. The first-order valence-corrected chi connectivity index (χ1v) is 6.84. The van der Waals surface area contributed by atoms with Gasteiger partial charge in [0.15, 0.2) is 12.7 Å². The molecule has 0 spiro atoms. The summed E-state index contributed by atoms with van der Waals surface area (Å²) in [5.41, 5.74) is 0. The lowest BCUT2D eigenvalue weighted by atomic mass is 10.3. The van der Waals surface area contributed by atoms with Crippen LogP contribution in [0.3, 0.4) is 0 Å². The summed E-state index contributed by atoms with van der Waals surface area (Å²) in [6.45, 7) is 1.49. The number of benzene rings is 1. The highest BCUT2D eigenvalue weighted by molar-refractivity contribution is 6.35. The standard InChI is InChI=1S/C13H15Cl2NO5/c1-8(13(18)19)20-5-4-16-12(17)7-21-11-3-2-9(14)6-10(11)15/h2-3,6,8H,4-5,7H2,1H3,(H,16,17)(H,18,19). The molecule has 1 unspecified atom stereocenters. The molecule has 0 radical (unpaired) electrons. The molecule has 0 aliphatic carbocycles. The van der Waals surface area contributed by atoms with E-state index in [-0.39, 0.29) is 25.7 Å². The molecule has 2 N–H and O–H groups in total. The van der Waals surface area contributed by atoms with E-state index < -0.39 is 12.1 Å². The van der Waals surface area contributed by atoms with Crippen LogP contribution in [-0.2, 0) is 14.3 Å². The van der Waals surface area contributed by atoms with Crippen molar-refractivity contribution >= 4 is 35.1 Å². The largest absolute Gasteiger partial charge is 0.482 e. The SMILES string of the molecule is CC(OCCNC(=O)COc1ccc(Cl)cc1Cl)C(=O)O. The predicted molar refractivity (Wildman–Crippen MR) is 78.0 cm³/mol. The molecule has 0 aromatic heterocycles. The summed E-state index contributed by atoms with van der Waals surface area (Å²) < 4.78 is 10.2. The lowest BCUT2D eigenvalue weighted by Gasteiger charge is -2.10. The van der Waals surface area contributed by atoms with Crippen LogP contribution in [0.4, 0.5) is 0 Å². The highest BCUT2D eigenvalue weighted by Gasteiger charge is 2.11. The second-order valence-corrected chi connectivity index (χ2v) is 4.91. The number of amides is 1. The van der Waals surface area contributed by atoms with Crippen molar-refractivity contribution in [2.45, 2.75) is 13.0 Å². The summed E-state index contributed by atoms with van der Waals surface area (Å²) in [5, 5.41) is 11.9. The number of carbonyl (C=O) groups is 2. The molecule has 116 valence electrons. The van der Waals surface area contributed by atoms with Crippen molar-refractivity contribution in [3.8, 4) is 5.75 Å². The maximum absolute atomic E-state index is 11.5. The van der Waals surface area contributed by atoms with Crippen molar-refractivity contribution in [1.29, 1.82) is 0 Å². The fourth-order valence-electron chi connectivity index (χ4n) is 1.28. The summed E-state index contributed by atoms with van der Waals surface area (Å²) in [6.07, 6.45) is -0.911. The first-order chi connectivity index (χ1) is 9.90. The number of halogens is 2. The third-order valence-electron chi connectivity index (χ3n) is 2.39. The van der Waals surface area contributed by atoms with Crippen LogP contribution in [0.1, 0.15) is 6.92 Å². The molecule has 0 aliphatic rings. The molecule has 0 aliphatic heterocycles. The number of nitrogens with one attached hydrogen (secondary N) is 1. The Morgan fingerprint density at radius 1 is 1.38 bits per heavy atom. The minimum Gasteiger partial charge on any atom is -0.482 e. The van der Waals surface area contributed by atoms with Crippen LogP contribution in [0.15, 0.2) is 18.2 Å². The Morgan fingerprint density at radius 3 is 2.71 bits per heavy atom. The minimum absolute atomic E-state index is 0.0981. The van der Waals surface area contributed by atoms with Crippen LogP contribution in [0, 0.1) is 0 Å². The summed E-state index contributed by atoms with van der Waals surface area (Å²) >= 11 is 11.6. The second-order valence-electron chi connectivity index (χ2n) is 4.06. The van der Waals surface area contributed by atoms with E-state index in [4.69, 9.17) is 37.8 Å². The Bertz CT molecular complexity index is 509. The third-order valence-corrected chi connectivity index (χ3v) is 2.92. The number of ether oxygens (including phenoxy) is 2. The molecule has 0 bridgehead atoms. The quantitative estimate of drug-likeness (QED) is 0.709. The van der Waals surface area contributed by atoms with E-state index in [0.29, 0.717) is 15.8 Å². The number of aliphatic carboxylic acids is 1. The van der Waals surface area contributed by atoms with Gasteiger partial charge in [-0.2, -0.15) is 0 Å². The number of hydrogen-bond donors (Lipinski definition) is 2. The average molecular weight is 336 g/mol. The number of carboxylic acids is 1. The number of hydrogen-bond acceptors (Lipinski definition) is 4. The van der Waals surface area contributed by atoms with Crippen molar-refractivity contribution in [3.63, 3.8) is 0 Å². The predicted octanol–water partition coefficient (Wildman–Crippen LogP) is 1.98. The lowest BCUT2D eigenvalue weighted by Crippen LogP contribution is -2.33. The van der Waals surface area contributed by atoms with Crippen LogP contribution in [0.5, 0.6) is 5.75 Å². The molecule has 1 aromatic carbocycles. The smallest absolute Gasteiger partial charge is 0.332 e. The van der Waals surface area contributed by atoms with Gasteiger partial charge < -0.3 is 19.9 Å². The lowest BCUT2D eigenvalue weighted by molar-refractivity contribution is -0.149. The Hall–Kier alpha value is -1.50. The van der Waals surface area contributed by atoms with E-state index in [9.17, 15) is 9.59 Å². The molecule has 1 amide bonds. The van der Waals surface area contributed by atoms with Crippen LogP contribution >= 0.6 is 23.2 Å². The minimum atomic E-state index is -1.05. The van der Waals surface area contributed by atoms with Crippen LogP contribution < -0.4 is 10.1 Å². The summed E-state index contributed by atoms with van der Waals surface area (Å²) in [7, 11) is 0. The summed E-state index contributed by atoms with van der Waals surface area (Å²) in [6, 6.07) is 4.68. The molecule has 0 heterocycles. The Balaban J connectivity index is 2.24. The number of rotatable bonds is 8. The van der Waals surface area contributed by atoms with Gasteiger partial charge in [0.25, 0.3) is 5.91 Å². The Kier molecular flexibility index (Phi) is 7.28. The summed E-state index contributed by atoms with van der Waals surface area (Å²) in [4.78, 5) is 22.0. The fraction of sp³-hybridized carbons (Fsp3) is 0.385. The third kappa shape index (κ3) is 6.66. The highest BCUT2D eigenvalue weighted by Crippen LogP contribution is 2.27. The van der Waals surface area contributed by atoms with Gasteiger partial charge in [-0.1, -0.05) is 23.2 Å². The van der Waals surface area contributed by atoms with Crippen molar-refractivity contribution in [1.82, 2.24) is 5.32 Å². The maximum Gasteiger partial charge on any atom is 0.332 e. The second kappa shape index (κ2) is 8.71. The van der Waals surface area contributed by atoms with Gasteiger partial charge in [0.05, 0.1) is 11.6 Å². The van der Waals surface area contributed by atoms with Gasteiger partial charge in [0.1, 0.15) is 5.75 Å². The summed E-state index contributed by atoms with van der Waals surface area (Å²) in [5.74, 6) is -1.07. The zero-order valence-electron chi connectivity index (χ0n) is 11.3. The van der Waals surface area contributed by atoms with Gasteiger partial charge in [0, 0.05) is 11.6 Å². The molecular formula is C13H15Cl2NO5. The molecule has 1 aromatic rings. The van der Waals surface area contributed by atoms with E-state index >= 15 is 0 Å². The van der Waals surface area contributed by atoms with Crippen LogP contribution in [0.25, 0.3) is 0 Å². The van der Waals surface area contributed by atoms with Gasteiger partial charge in [0.2, 0.25) is 0 Å². The average Bonchev–Trinajstić information content (AvgIpc) is 2.42. The Morgan fingerprint density at radius 2 is 2.10 bits per heavy atom. The fourth-order valence-corrected chi connectivity index (χ4v) is 1.75. The van der Waals surface area contributed by atoms with Gasteiger partial charge in [-0.05, 0) is 25.1 Å². The molecule has 6 nitrogen and oxygen atoms in total. The van der Waals surface area contributed by atoms with Crippen molar-refractivity contribution < 1.29 is 24.2 Å². The van der Waals surface area contributed by atoms with Gasteiger partial charge in [-0.3, -0.25) is 4.79 Å². The van der Waals surface area contributed by atoms with Crippen molar-refractivity contribution in [2.24, 2.45) is 0 Å². The molecule has 8 heteroatoms. The van der Waals surface area contributed by atoms with E-state index in [0.717, 1.165) is 0 Å². The van der Waals surface area contributed by atoms with Crippen molar-refractivity contribution in [3.05, 3.63) is 28.2 Å². The highest BCUT2D eigenvalue weighted by atomic mass is 35.5. The molecule has 21 heavy (non-hydrogen) atoms. The van der Waals surface area contributed by atoms with Gasteiger partial charge in [-0.15, -0.1) is 0 Å². The monoisotopic (exact) mass is 335 g/mol.